The first-order valence-corrected chi connectivity index (χ1v) is 9.60. The van der Waals surface area contributed by atoms with Gasteiger partial charge in [0.15, 0.2) is 5.01 Å². The molecule has 0 radical (unpaired) electrons. The lowest BCUT2D eigenvalue weighted by atomic mass is 10.2. The number of rotatable bonds is 7. The molecule has 1 aromatic carbocycles. The number of nitrogens with zero attached hydrogens (tertiary/aromatic N) is 4. The van der Waals surface area contributed by atoms with Crippen molar-refractivity contribution < 1.29 is 18.7 Å². The average Bonchev–Trinajstić information content (AvgIpc) is 3.26. The highest BCUT2D eigenvalue weighted by Crippen LogP contribution is 2.30. The van der Waals surface area contributed by atoms with E-state index in [-0.39, 0.29) is 11.7 Å². The molecule has 1 atom stereocenters. The Kier molecular flexibility index (Phi) is 6.15. The molecule has 1 aliphatic rings. The summed E-state index contributed by atoms with van der Waals surface area (Å²) in [5.74, 6) is -0.520. The van der Waals surface area contributed by atoms with Gasteiger partial charge in [-0.3, -0.25) is 9.69 Å². The smallest absolute Gasteiger partial charge is 0.414 e. The first kappa shape index (κ1) is 20.1. The topological polar surface area (TPSA) is 87.7 Å². The van der Waals surface area contributed by atoms with Crippen LogP contribution in [0.4, 0.5) is 14.9 Å². The summed E-state index contributed by atoms with van der Waals surface area (Å²) in [4.78, 5) is 26.2. The molecule has 3 rings (SSSR count). The zero-order valence-electron chi connectivity index (χ0n) is 15.2. The Morgan fingerprint density at radius 2 is 2.32 bits per heavy atom. The maximum atomic E-state index is 14.7. The number of halogens is 1. The molecule has 8 nitrogen and oxygen atoms in total. The van der Waals surface area contributed by atoms with Crippen LogP contribution in [0.3, 0.4) is 0 Å². The summed E-state index contributed by atoms with van der Waals surface area (Å²) in [6.45, 7) is 2.75. The summed E-state index contributed by atoms with van der Waals surface area (Å²) in [5.41, 5.74) is 0.682. The summed E-state index contributed by atoms with van der Waals surface area (Å²) in [5, 5.41) is 11.9. The Bertz CT molecular complexity index is 907. The van der Waals surface area contributed by atoms with Gasteiger partial charge in [0.2, 0.25) is 6.41 Å². The van der Waals surface area contributed by atoms with E-state index >= 15 is 0 Å². The second-order valence-electron chi connectivity index (χ2n) is 6.24. The summed E-state index contributed by atoms with van der Waals surface area (Å²) in [7, 11) is 1.62. The van der Waals surface area contributed by atoms with Gasteiger partial charge in [-0.15, -0.1) is 10.2 Å². The number of amides is 2. The number of nitrogens with one attached hydrogen (secondary N) is 1. The number of cyclic esters (lactones) is 1. The quantitative estimate of drug-likeness (QED) is 0.540. The number of ether oxygens (including phenoxy) is 1. The molecule has 0 spiro atoms. The van der Waals surface area contributed by atoms with Crippen LogP contribution in [-0.2, 0) is 16.1 Å². The number of aromatic nitrogens is 2. The van der Waals surface area contributed by atoms with Crippen LogP contribution in [0.5, 0.6) is 0 Å². The Labute approximate surface area is 170 Å². The Hall–Kier alpha value is -2.66. The zero-order chi connectivity index (χ0) is 20.3. The molecule has 1 N–H and O–H groups in total. The molecular formula is C17H18FN5O3S2. The van der Waals surface area contributed by atoms with Gasteiger partial charge < -0.3 is 15.0 Å². The molecule has 0 saturated carbocycles. The van der Waals surface area contributed by atoms with Crippen molar-refractivity contribution in [3.63, 3.8) is 0 Å². The van der Waals surface area contributed by atoms with Crippen LogP contribution >= 0.6 is 23.6 Å². The SMILES string of the molecule is CC(=S)NC[C@H]1CN(c2ccc(-c3nnc(CN(C)C=O)s3)c(F)c2)C(=O)O1. The fourth-order valence-electron chi connectivity index (χ4n) is 2.62. The van der Waals surface area contributed by atoms with Gasteiger partial charge in [-0.1, -0.05) is 23.6 Å². The van der Waals surface area contributed by atoms with Gasteiger partial charge >= 0.3 is 6.09 Å². The van der Waals surface area contributed by atoms with Crippen molar-refractivity contribution in [2.45, 2.75) is 19.6 Å². The minimum atomic E-state index is -0.531. The highest BCUT2D eigenvalue weighted by molar-refractivity contribution is 7.80. The monoisotopic (exact) mass is 423 g/mol. The largest absolute Gasteiger partial charge is 0.442 e. The molecule has 2 aromatic rings. The van der Waals surface area contributed by atoms with Crippen LogP contribution in [-0.4, -0.2) is 58.8 Å². The van der Waals surface area contributed by atoms with Gasteiger partial charge in [-0.05, 0) is 25.1 Å². The van der Waals surface area contributed by atoms with Crippen LogP contribution in [0.1, 0.15) is 11.9 Å². The predicted molar refractivity (Wildman–Crippen MR) is 107 cm³/mol. The molecule has 11 heteroatoms. The van der Waals surface area contributed by atoms with Crippen molar-refractivity contribution in [1.82, 2.24) is 20.4 Å². The van der Waals surface area contributed by atoms with Gasteiger partial charge in [0.05, 0.1) is 30.3 Å². The Balaban J connectivity index is 1.73. The zero-order valence-corrected chi connectivity index (χ0v) is 16.8. The Morgan fingerprint density at radius 3 is 3.00 bits per heavy atom. The van der Waals surface area contributed by atoms with Crippen molar-refractivity contribution in [2.24, 2.45) is 0 Å². The van der Waals surface area contributed by atoms with E-state index in [1.807, 2.05) is 0 Å². The number of benzene rings is 1. The molecule has 1 fully saturated rings. The first-order valence-electron chi connectivity index (χ1n) is 8.37. The Morgan fingerprint density at radius 1 is 1.54 bits per heavy atom. The molecule has 1 aromatic heterocycles. The van der Waals surface area contributed by atoms with Gasteiger partial charge in [-0.25, -0.2) is 9.18 Å². The normalized spacial score (nSPS) is 16.0. The fraction of sp³-hybridized carbons (Fsp3) is 0.353. The van der Waals surface area contributed by atoms with Crippen LogP contribution in [0, 0.1) is 5.82 Å². The highest BCUT2D eigenvalue weighted by Gasteiger charge is 2.32. The number of thiocarbonyl (C=S) groups is 1. The molecule has 2 heterocycles. The third-order valence-electron chi connectivity index (χ3n) is 3.98. The van der Waals surface area contributed by atoms with Crippen LogP contribution in [0.2, 0.25) is 0 Å². The molecule has 0 unspecified atom stereocenters. The maximum Gasteiger partial charge on any atom is 0.414 e. The van der Waals surface area contributed by atoms with E-state index < -0.39 is 11.9 Å². The van der Waals surface area contributed by atoms with Crippen molar-refractivity contribution in [3.8, 4) is 10.6 Å². The fourth-order valence-corrected chi connectivity index (χ4v) is 3.63. The molecule has 2 amide bonds. The summed E-state index contributed by atoms with van der Waals surface area (Å²) in [6.07, 6.45) is -0.215. The minimum Gasteiger partial charge on any atom is -0.442 e. The lowest BCUT2D eigenvalue weighted by Crippen LogP contribution is -2.32. The number of anilines is 1. The third-order valence-corrected chi connectivity index (χ3v) is 5.06. The lowest BCUT2D eigenvalue weighted by molar-refractivity contribution is -0.117. The minimum absolute atomic E-state index is 0.281. The molecule has 148 valence electrons. The number of hydrogen-bond donors (Lipinski definition) is 1. The van der Waals surface area contributed by atoms with Gasteiger partial charge in [-0.2, -0.15) is 0 Å². The standard InChI is InChI=1S/C17H18FN5O3S2/c1-10(27)19-6-12-7-23(17(25)26-12)11-3-4-13(14(18)5-11)16-21-20-15(28-16)8-22(2)9-24/h3-5,9,12H,6-8H2,1-2H3,(H,19,27)/t12-/m0/s1. The average molecular weight is 423 g/mol. The van der Waals surface area contributed by atoms with Gasteiger partial charge in [0, 0.05) is 12.6 Å². The van der Waals surface area contributed by atoms with E-state index in [1.54, 1.807) is 26.1 Å². The summed E-state index contributed by atoms with van der Waals surface area (Å²) < 4.78 is 19.9. The molecule has 28 heavy (non-hydrogen) atoms. The molecular weight excluding hydrogens is 405 g/mol. The number of carbonyl (C=O) groups excluding carboxylic acids is 2. The van der Waals surface area contributed by atoms with Crippen LogP contribution < -0.4 is 10.2 Å². The lowest BCUT2D eigenvalue weighted by Gasteiger charge is -2.14. The van der Waals surface area contributed by atoms with Crippen molar-refractivity contribution in [2.75, 3.05) is 25.0 Å². The molecule has 1 saturated heterocycles. The van der Waals surface area contributed by atoms with E-state index in [4.69, 9.17) is 17.0 Å². The second kappa shape index (κ2) is 8.57. The molecule has 0 bridgehead atoms. The number of carbonyl (C=O) groups is 2. The van der Waals surface area contributed by atoms with E-state index in [9.17, 15) is 14.0 Å². The summed E-state index contributed by atoms with van der Waals surface area (Å²) in [6, 6.07) is 4.46. The van der Waals surface area contributed by atoms with Crippen LogP contribution in [0.15, 0.2) is 18.2 Å². The first-order chi connectivity index (χ1) is 13.4. The molecule has 0 aliphatic carbocycles. The maximum absolute atomic E-state index is 14.7. The number of hydrogen-bond acceptors (Lipinski definition) is 7. The van der Waals surface area contributed by atoms with Crippen LogP contribution in [0.25, 0.3) is 10.6 Å². The van der Waals surface area contributed by atoms with Gasteiger partial charge in [0.25, 0.3) is 0 Å². The van der Waals surface area contributed by atoms with Gasteiger partial charge in [0.1, 0.15) is 16.9 Å². The van der Waals surface area contributed by atoms with E-state index in [0.717, 1.165) is 0 Å². The van der Waals surface area contributed by atoms with E-state index in [1.165, 1.54) is 27.2 Å². The highest BCUT2D eigenvalue weighted by atomic mass is 32.1. The molecule has 1 aliphatic heterocycles. The summed E-state index contributed by atoms with van der Waals surface area (Å²) >= 11 is 6.15. The van der Waals surface area contributed by atoms with E-state index in [0.29, 0.717) is 46.7 Å². The van der Waals surface area contributed by atoms with Crippen molar-refractivity contribution in [1.29, 1.82) is 0 Å². The van der Waals surface area contributed by atoms with E-state index in [2.05, 4.69) is 15.5 Å². The second-order valence-corrected chi connectivity index (χ2v) is 7.91. The van der Waals surface area contributed by atoms with Crippen molar-refractivity contribution in [3.05, 3.63) is 29.0 Å². The predicted octanol–water partition coefficient (Wildman–Crippen LogP) is 2.19. The van der Waals surface area contributed by atoms with Crippen molar-refractivity contribution >= 4 is 46.7 Å². The third kappa shape index (κ3) is 4.60.